The third kappa shape index (κ3) is 4.87. The van der Waals surface area contributed by atoms with Crippen LogP contribution < -0.4 is 10.2 Å². The molecule has 1 unspecified atom stereocenters. The van der Waals surface area contributed by atoms with Gasteiger partial charge in [-0.25, -0.2) is 9.97 Å². The van der Waals surface area contributed by atoms with E-state index in [0.717, 1.165) is 63.5 Å². The molecule has 1 atom stereocenters. The van der Waals surface area contributed by atoms with E-state index in [1.807, 2.05) is 12.1 Å². The number of anilines is 1. The van der Waals surface area contributed by atoms with Crippen molar-refractivity contribution in [2.24, 2.45) is 4.99 Å². The Kier molecular flexibility index (Phi) is 6.61. The van der Waals surface area contributed by atoms with Gasteiger partial charge in [0, 0.05) is 45.1 Å². The molecular formula is C21H31N7O. The Labute approximate surface area is 172 Å². The van der Waals surface area contributed by atoms with Gasteiger partial charge >= 0.3 is 0 Å². The number of nitrogens with zero attached hydrogens (tertiary/aromatic N) is 6. The van der Waals surface area contributed by atoms with Crippen LogP contribution in [0.25, 0.3) is 0 Å². The van der Waals surface area contributed by atoms with E-state index >= 15 is 0 Å². The molecule has 0 amide bonds. The second-order valence-corrected chi connectivity index (χ2v) is 7.49. The van der Waals surface area contributed by atoms with E-state index in [2.05, 4.69) is 43.0 Å². The summed E-state index contributed by atoms with van der Waals surface area (Å²) in [6, 6.07) is 6.11. The average molecular weight is 398 g/mol. The van der Waals surface area contributed by atoms with Crippen molar-refractivity contribution in [3.05, 3.63) is 42.6 Å². The second-order valence-electron chi connectivity index (χ2n) is 7.49. The lowest BCUT2D eigenvalue weighted by Gasteiger charge is -2.36. The summed E-state index contributed by atoms with van der Waals surface area (Å²) < 4.78 is 5.74. The summed E-state index contributed by atoms with van der Waals surface area (Å²) in [6.07, 6.45) is 7.87. The fraction of sp³-hybridized carbons (Fsp3) is 0.571. The molecule has 0 aliphatic carbocycles. The molecule has 4 rings (SSSR count). The molecule has 2 aliphatic heterocycles. The molecule has 2 aromatic heterocycles. The summed E-state index contributed by atoms with van der Waals surface area (Å²) in [5, 5.41) is 3.48. The quantitative estimate of drug-likeness (QED) is 0.590. The van der Waals surface area contributed by atoms with Gasteiger partial charge in [-0.1, -0.05) is 0 Å². The molecule has 2 fully saturated rings. The standard InChI is InChI=1S/C21H31N7O/c1-2-22-20(27-12-14-28(15-13-27)21-23-8-6-9-24-21)25-17-18(19-7-5-16-29-19)26-10-3-4-11-26/h5-9,16,18H,2-4,10-15,17H2,1H3,(H,22,25). The molecule has 156 valence electrons. The van der Waals surface area contributed by atoms with Gasteiger partial charge in [0.05, 0.1) is 18.8 Å². The Morgan fingerprint density at radius 3 is 2.52 bits per heavy atom. The number of aromatic nitrogens is 2. The molecule has 8 heteroatoms. The normalized spacial score (nSPS) is 19.6. The van der Waals surface area contributed by atoms with Gasteiger partial charge in [-0.2, -0.15) is 0 Å². The first-order chi connectivity index (χ1) is 14.3. The first-order valence-corrected chi connectivity index (χ1v) is 10.7. The maximum atomic E-state index is 5.74. The Hall–Kier alpha value is -2.61. The number of piperazine rings is 1. The molecule has 8 nitrogen and oxygen atoms in total. The SMILES string of the molecule is CCNC(=NCC(c1ccco1)N1CCCC1)N1CCN(c2ncccn2)CC1. The first-order valence-electron chi connectivity index (χ1n) is 10.7. The van der Waals surface area contributed by atoms with Gasteiger partial charge in [0.25, 0.3) is 0 Å². The minimum atomic E-state index is 0.208. The lowest BCUT2D eigenvalue weighted by molar-refractivity contribution is 0.220. The number of hydrogen-bond acceptors (Lipinski definition) is 6. The van der Waals surface area contributed by atoms with Gasteiger partial charge in [0.2, 0.25) is 5.95 Å². The topological polar surface area (TPSA) is 73.0 Å². The van der Waals surface area contributed by atoms with Crippen molar-refractivity contribution in [1.29, 1.82) is 0 Å². The van der Waals surface area contributed by atoms with Crippen LogP contribution in [0.4, 0.5) is 5.95 Å². The fourth-order valence-electron chi connectivity index (χ4n) is 4.09. The predicted molar refractivity (Wildman–Crippen MR) is 114 cm³/mol. The van der Waals surface area contributed by atoms with E-state index in [1.165, 1.54) is 12.8 Å². The lowest BCUT2D eigenvalue weighted by atomic mass is 10.2. The van der Waals surface area contributed by atoms with Crippen LogP contribution in [0.3, 0.4) is 0 Å². The van der Waals surface area contributed by atoms with E-state index in [9.17, 15) is 0 Å². The van der Waals surface area contributed by atoms with Crippen LogP contribution in [0.2, 0.25) is 0 Å². The summed E-state index contributed by atoms with van der Waals surface area (Å²) in [5.41, 5.74) is 0. The minimum absolute atomic E-state index is 0.208. The number of furan rings is 1. The van der Waals surface area contributed by atoms with Crippen LogP contribution in [0.15, 0.2) is 46.3 Å². The zero-order valence-corrected chi connectivity index (χ0v) is 17.2. The number of rotatable bonds is 6. The van der Waals surface area contributed by atoms with E-state index in [-0.39, 0.29) is 6.04 Å². The summed E-state index contributed by atoms with van der Waals surface area (Å²) >= 11 is 0. The molecule has 0 spiro atoms. The number of nitrogens with one attached hydrogen (secondary N) is 1. The molecule has 2 aliphatic rings. The highest BCUT2D eigenvalue weighted by atomic mass is 16.3. The van der Waals surface area contributed by atoms with Gasteiger partial charge in [-0.05, 0) is 51.1 Å². The van der Waals surface area contributed by atoms with Crippen LogP contribution >= 0.6 is 0 Å². The molecule has 0 saturated carbocycles. The highest BCUT2D eigenvalue weighted by molar-refractivity contribution is 5.80. The van der Waals surface area contributed by atoms with Crippen LogP contribution in [0.1, 0.15) is 31.6 Å². The van der Waals surface area contributed by atoms with Crippen LogP contribution in [0.5, 0.6) is 0 Å². The van der Waals surface area contributed by atoms with Gasteiger partial charge in [-0.15, -0.1) is 0 Å². The summed E-state index contributed by atoms with van der Waals surface area (Å²) in [4.78, 5) is 20.8. The monoisotopic (exact) mass is 397 g/mol. The molecular weight excluding hydrogens is 366 g/mol. The number of aliphatic imine (C=N–C) groups is 1. The Balaban J connectivity index is 1.42. The van der Waals surface area contributed by atoms with Gasteiger partial charge in [0.1, 0.15) is 5.76 Å². The Bertz CT molecular complexity index is 751. The van der Waals surface area contributed by atoms with Crippen molar-refractivity contribution in [1.82, 2.24) is 25.1 Å². The highest BCUT2D eigenvalue weighted by Crippen LogP contribution is 2.26. The van der Waals surface area contributed by atoms with E-state index in [4.69, 9.17) is 9.41 Å². The molecule has 2 saturated heterocycles. The van der Waals surface area contributed by atoms with Crippen molar-refractivity contribution >= 4 is 11.9 Å². The molecule has 0 radical (unpaired) electrons. The zero-order chi connectivity index (χ0) is 19.9. The maximum absolute atomic E-state index is 5.74. The predicted octanol–water partition coefficient (Wildman–Crippen LogP) is 1.99. The zero-order valence-electron chi connectivity index (χ0n) is 17.2. The summed E-state index contributed by atoms with van der Waals surface area (Å²) in [5.74, 6) is 2.80. The Morgan fingerprint density at radius 1 is 1.10 bits per heavy atom. The molecule has 4 heterocycles. The summed E-state index contributed by atoms with van der Waals surface area (Å²) in [7, 11) is 0. The maximum Gasteiger partial charge on any atom is 0.225 e. The fourth-order valence-corrected chi connectivity index (χ4v) is 4.09. The van der Waals surface area contributed by atoms with E-state index in [1.54, 1.807) is 18.7 Å². The Morgan fingerprint density at radius 2 is 1.86 bits per heavy atom. The van der Waals surface area contributed by atoms with Crippen molar-refractivity contribution in [3.8, 4) is 0 Å². The van der Waals surface area contributed by atoms with E-state index in [0.29, 0.717) is 6.54 Å². The van der Waals surface area contributed by atoms with Crippen molar-refractivity contribution in [2.45, 2.75) is 25.8 Å². The molecule has 2 aromatic rings. The smallest absolute Gasteiger partial charge is 0.225 e. The van der Waals surface area contributed by atoms with E-state index < -0.39 is 0 Å². The average Bonchev–Trinajstić information content (AvgIpc) is 3.49. The first kappa shape index (κ1) is 19.7. The van der Waals surface area contributed by atoms with Crippen LogP contribution in [0, 0.1) is 0 Å². The van der Waals surface area contributed by atoms with Gasteiger partial charge in [0.15, 0.2) is 5.96 Å². The number of hydrogen-bond donors (Lipinski definition) is 1. The van der Waals surface area contributed by atoms with Crippen LogP contribution in [-0.4, -0.2) is 78.1 Å². The third-order valence-electron chi connectivity index (χ3n) is 5.62. The molecule has 1 N–H and O–H groups in total. The molecule has 29 heavy (non-hydrogen) atoms. The third-order valence-corrected chi connectivity index (χ3v) is 5.62. The summed E-state index contributed by atoms with van der Waals surface area (Å²) in [6.45, 7) is 9.50. The molecule has 0 bridgehead atoms. The van der Waals surface area contributed by atoms with Gasteiger partial charge in [-0.3, -0.25) is 9.89 Å². The van der Waals surface area contributed by atoms with Crippen molar-refractivity contribution in [2.75, 3.05) is 57.3 Å². The van der Waals surface area contributed by atoms with Crippen molar-refractivity contribution < 1.29 is 4.42 Å². The van der Waals surface area contributed by atoms with Gasteiger partial charge < -0.3 is 19.5 Å². The van der Waals surface area contributed by atoms with Crippen molar-refractivity contribution in [3.63, 3.8) is 0 Å². The second kappa shape index (κ2) is 9.73. The number of guanidine groups is 1. The van der Waals surface area contributed by atoms with Crippen LogP contribution in [-0.2, 0) is 0 Å². The molecule has 0 aromatic carbocycles. The largest absolute Gasteiger partial charge is 0.468 e. The minimum Gasteiger partial charge on any atom is -0.468 e. The highest BCUT2D eigenvalue weighted by Gasteiger charge is 2.26. The number of likely N-dealkylation sites (tertiary alicyclic amines) is 1. The lowest BCUT2D eigenvalue weighted by Crippen LogP contribution is -2.53.